The van der Waals surface area contributed by atoms with Gasteiger partial charge in [-0.3, -0.25) is 4.21 Å². The first kappa shape index (κ1) is 15.6. The van der Waals surface area contributed by atoms with E-state index in [-0.39, 0.29) is 16.7 Å². The third-order valence-electron chi connectivity index (χ3n) is 4.23. The quantitative estimate of drug-likeness (QED) is 0.928. The predicted octanol–water partition coefficient (Wildman–Crippen LogP) is 3.24. The third-order valence-corrected chi connectivity index (χ3v) is 6.01. The van der Waals surface area contributed by atoms with Gasteiger partial charge >= 0.3 is 0 Å². The van der Waals surface area contributed by atoms with Gasteiger partial charge in [-0.15, -0.1) is 0 Å². The molecular formula is C15H21F2NOS. The average Bonchev–Trinajstić information content (AvgIpc) is 2.39. The van der Waals surface area contributed by atoms with E-state index in [0.717, 1.165) is 31.4 Å². The lowest BCUT2D eigenvalue weighted by Gasteiger charge is -2.43. The summed E-state index contributed by atoms with van der Waals surface area (Å²) >= 11 is 0. The van der Waals surface area contributed by atoms with Gasteiger partial charge in [0.05, 0.1) is 16.0 Å². The van der Waals surface area contributed by atoms with Gasteiger partial charge < -0.3 is 5.32 Å². The first-order chi connectivity index (χ1) is 9.36. The smallest absolute Gasteiger partial charge is 0.160 e. The van der Waals surface area contributed by atoms with Gasteiger partial charge in [-0.25, -0.2) is 8.78 Å². The molecule has 1 aromatic rings. The highest BCUT2D eigenvalue weighted by Crippen LogP contribution is 2.38. The summed E-state index contributed by atoms with van der Waals surface area (Å²) in [6, 6.07) is 3.62. The van der Waals surface area contributed by atoms with Gasteiger partial charge in [0.25, 0.3) is 0 Å². The molecule has 1 aromatic carbocycles. The van der Waals surface area contributed by atoms with Gasteiger partial charge in [-0.1, -0.05) is 20.3 Å². The van der Waals surface area contributed by atoms with Crippen LogP contribution < -0.4 is 5.32 Å². The van der Waals surface area contributed by atoms with Crippen LogP contribution in [0.5, 0.6) is 0 Å². The molecule has 0 radical (unpaired) electrons. The van der Waals surface area contributed by atoms with Gasteiger partial charge in [0.15, 0.2) is 11.6 Å². The van der Waals surface area contributed by atoms with Gasteiger partial charge in [0.2, 0.25) is 0 Å². The summed E-state index contributed by atoms with van der Waals surface area (Å²) in [5.41, 5.74) is 0.0475. The van der Waals surface area contributed by atoms with E-state index in [4.69, 9.17) is 0 Å². The third kappa shape index (κ3) is 2.93. The van der Waals surface area contributed by atoms with Crippen LogP contribution in [0.25, 0.3) is 0 Å². The average molecular weight is 301 g/mol. The van der Waals surface area contributed by atoms with E-state index in [2.05, 4.69) is 19.2 Å². The maximum Gasteiger partial charge on any atom is 0.160 e. The molecule has 0 aliphatic heterocycles. The molecule has 1 N–H and O–H groups in total. The molecule has 1 aliphatic rings. The molecule has 5 heteroatoms. The second-order valence-electron chi connectivity index (χ2n) is 6.06. The molecule has 0 saturated heterocycles. The lowest BCUT2D eigenvalue weighted by Crippen LogP contribution is -2.52. The molecular weight excluding hydrogens is 280 g/mol. The van der Waals surface area contributed by atoms with Crippen molar-refractivity contribution in [3.05, 3.63) is 29.8 Å². The van der Waals surface area contributed by atoms with E-state index in [1.54, 1.807) is 0 Å². The maximum atomic E-state index is 13.3. The van der Waals surface area contributed by atoms with Crippen LogP contribution in [0.4, 0.5) is 8.78 Å². The van der Waals surface area contributed by atoms with Crippen LogP contribution in [0.2, 0.25) is 0 Å². The van der Waals surface area contributed by atoms with E-state index in [0.29, 0.717) is 4.90 Å². The largest absolute Gasteiger partial charge is 0.315 e. The van der Waals surface area contributed by atoms with Crippen molar-refractivity contribution in [3.63, 3.8) is 0 Å². The van der Waals surface area contributed by atoms with E-state index in [1.807, 2.05) is 7.05 Å². The number of nitrogens with one attached hydrogen (secondary N) is 1. The molecule has 1 aliphatic carbocycles. The Balaban J connectivity index is 2.29. The zero-order valence-electron chi connectivity index (χ0n) is 12.1. The molecule has 3 atom stereocenters. The summed E-state index contributed by atoms with van der Waals surface area (Å²) in [5.74, 6) is -1.84. The van der Waals surface area contributed by atoms with E-state index in [9.17, 15) is 13.0 Å². The molecule has 3 unspecified atom stereocenters. The summed E-state index contributed by atoms with van der Waals surface area (Å²) in [4.78, 5) is 0.367. The van der Waals surface area contributed by atoms with Crippen molar-refractivity contribution in [1.82, 2.24) is 5.32 Å². The topological polar surface area (TPSA) is 29.1 Å². The Morgan fingerprint density at radius 3 is 2.60 bits per heavy atom. The number of benzene rings is 1. The normalized spacial score (nSPS) is 27.2. The van der Waals surface area contributed by atoms with Crippen LogP contribution in [0.3, 0.4) is 0 Å². The van der Waals surface area contributed by atoms with Crippen molar-refractivity contribution in [3.8, 4) is 0 Å². The van der Waals surface area contributed by atoms with Crippen LogP contribution in [0, 0.1) is 17.0 Å². The summed E-state index contributed by atoms with van der Waals surface area (Å²) < 4.78 is 39.0. The molecule has 1 saturated carbocycles. The maximum absolute atomic E-state index is 13.3. The van der Waals surface area contributed by atoms with Crippen molar-refractivity contribution in [2.45, 2.75) is 49.3 Å². The van der Waals surface area contributed by atoms with Crippen molar-refractivity contribution >= 4 is 10.8 Å². The number of hydrogen-bond donors (Lipinski definition) is 1. The molecule has 0 spiro atoms. The van der Waals surface area contributed by atoms with Gasteiger partial charge in [-0.2, -0.15) is 0 Å². The lowest BCUT2D eigenvalue weighted by molar-refractivity contribution is 0.180. The molecule has 1 fully saturated rings. The Morgan fingerprint density at radius 2 is 2.00 bits per heavy atom. The van der Waals surface area contributed by atoms with Crippen LogP contribution >= 0.6 is 0 Å². The zero-order valence-corrected chi connectivity index (χ0v) is 12.9. The van der Waals surface area contributed by atoms with Crippen LogP contribution in [-0.2, 0) is 10.8 Å². The Hall–Kier alpha value is -0.810. The Bertz CT molecular complexity index is 519. The highest BCUT2D eigenvalue weighted by atomic mass is 32.2. The molecule has 0 bridgehead atoms. The first-order valence-corrected chi connectivity index (χ1v) is 8.11. The van der Waals surface area contributed by atoms with Gasteiger partial charge in [0.1, 0.15) is 0 Å². The minimum absolute atomic E-state index is 0.0475. The van der Waals surface area contributed by atoms with Crippen LogP contribution in [0.1, 0.15) is 33.1 Å². The Kier molecular flexibility index (Phi) is 4.59. The lowest BCUT2D eigenvalue weighted by atomic mass is 9.73. The Labute approximate surface area is 121 Å². The molecule has 112 valence electrons. The SMILES string of the molecule is CNC1C(S(=O)c2ccc(F)c(F)c2)CCCC1(C)C. The molecule has 0 heterocycles. The van der Waals surface area contributed by atoms with Crippen LogP contribution in [0.15, 0.2) is 23.1 Å². The number of halogens is 2. The van der Waals surface area contributed by atoms with E-state index >= 15 is 0 Å². The highest BCUT2D eigenvalue weighted by Gasteiger charge is 2.41. The molecule has 20 heavy (non-hydrogen) atoms. The molecule has 0 aromatic heterocycles. The van der Waals surface area contributed by atoms with Crippen molar-refractivity contribution < 1.29 is 13.0 Å². The highest BCUT2D eigenvalue weighted by molar-refractivity contribution is 7.85. The summed E-state index contributed by atoms with van der Waals surface area (Å²) in [6.07, 6.45) is 2.91. The fraction of sp³-hybridized carbons (Fsp3) is 0.600. The second kappa shape index (κ2) is 5.90. The fourth-order valence-corrected chi connectivity index (χ4v) is 5.07. The number of rotatable bonds is 3. The monoisotopic (exact) mass is 301 g/mol. The minimum atomic E-state index is -1.33. The fourth-order valence-electron chi connectivity index (χ4n) is 3.17. The minimum Gasteiger partial charge on any atom is -0.315 e. The van der Waals surface area contributed by atoms with Crippen LogP contribution in [-0.4, -0.2) is 22.5 Å². The molecule has 2 nitrogen and oxygen atoms in total. The van der Waals surface area contributed by atoms with E-state index < -0.39 is 22.4 Å². The second-order valence-corrected chi connectivity index (χ2v) is 7.73. The number of hydrogen-bond acceptors (Lipinski definition) is 2. The first-order valence-electron chi connectivity index (χ1n) is 6.89. The van der Waals surface area contributed by atoms with Crippen molar-refractivity contribution in [1.29, 1.82) is 0 Å². The van der Waals surface area contributed by atoms with Gasteiger partial charge in [-0.05, 0) is 43.5 Å². The summed E-state index contributed by atoms with van der Waals surface area (Å²) in [6.45, 7) is 4.31. The zero-order chi connectivity index (χ0) is 14.9. The van der Waals surface area contributed by atoms with E-state index in [1.165, 1.54) is 6.07 Å². The standard InChI is InChI=1S/C15H21F2NOS/c1-15(2)8-4-5-13(14(15)18-3)20(19)10-6-7-11(16)12(17)9-10/h6-7,9,13-14,18H,4-5,8H2,1-3H3. The summed E-state index contributed by atoms with van der Waals surface area (Å²) in [5, 5.41) is 3.18. The van der Waals surface area contributed by atoms with Gasteiger partial charge in [0, 0.05) is 10.9 Å². The predicted molar refractivity (Wildman–Crippen MR) is 77.0 cm³/mol. The molecule has 0 amide bonds. The van der Waals surface area contributed by atoms with Crippen molar-refractivity contribution in [2.75, 3.05) is 7.05 Å². The molecule has 2 rings (SSSR count). The van der Waals surface area contributed by atoms with Crippen molar-refractivity contribution in [2.24, 2.45) is 5.41 Å². The Morgan fingerprint density at radius 1 is 1.30 bits per heavy atom. The summed E-state index contributed by atoms with van der Waals surface area (Å²) in [7, 11) is 0.534.